The molecule has 3 rings (SSSR count). The van der Waals surface area contributed by atoms with Gasteiger partial charge in [-0.25, -0.2) is 4.79 Å². The number of esters is 1. The highest BCUT2D eigenvalue weighted by atomic mass is 79.9. The molecule has 5 heteroatoms. The van der Waals surface area contributed by atoms with Crippen molar-refractivity contribution in [3.8, 4) is 22.6 Å². The van der Waals surface area contributed by atoms with E-state index < -0.39 is 5.97 Å². The SMILES string of the molecule is CC(C)(C)c1cc(Br)ccc1OCC(=O)Oc1ccc(-c2ccccc2)cc1Br. The lowest BCUT2D eigenvalue weighted by molar-refractivity contribution is -0.136. The molecule has 0 bridgehead atoms. The molecule has 3 nitrogen and oxygen atoms in total. The number of hydrogen-bond donors (Lipinski definition) is 0. The van der Waals surface area contributed by atoms with Crippen molar-refractivity contribution in [2.45, 2.75) is 26.2 Å². The molecular weight excluding hydrogens is 496 g/mol. The molecule has 0 spiro atoms. The molecule has 0 fully saturated rings. The molecule has 0 aliphatic heterocycles. The zero-order valence-electron chi connectivity index (χ0n) is 16.5. The highest BCUT2D eigenvalue weighted by molar-refractivity contribution is 9.10. The Balaban J connectivity index is 1.68. The highest BCUT2D eigenvalue weighted by Gasteiger charge is 2.20. The Labute approximate surface area is 188 Å². The van der Waals surface area contributed by atoms with Crippen molar-refractivity contribution in [2.75, 3.05) is 6.61 Å². The summed E-state index contributed by atoms with van der Waals surface area (Å²) in [7, 11) is 0. The molecule has 0 aromatic heterocycles. The quantitative estimate of drug-likeness (QED) is 0.266. The van der Waals surface area contributed by atoms with Crippen LogP contribution >= 0.6 is 31.9 Å². The lowest BCUT2D eigenvalue weighted by Crippen LogP contribution is -2.20. The zero-order valence-corrected chi connectivity index (χ0v) is 19.7. The van der Waals surface area contributed by atoms with E-state index in [1.54, 1.807) is 6.07 Å². The summed E-state index contributed by atoms with van der Waals surface area (Å²) in [6.07, 6.45) is 0. The van der Waals surface area contributed by atoms with Crippen molar-refractivity contribution < 1.29 is 14.3 Å². The molecule has 29 heavy (non-hydrogen) atoms. The summed E-state index contributed by atoms with van der Waals surface area (Å²) in [5, 5.41) is 0. The molecule has 0 radical (unpaired) electrons. The standard InChI is InChI=1S/C24H22Br2O3/c1-24(2,3)19-14-18(25)10-12-21(19)28-15-23(27)29-22-11-9-17(13-20(22)26)16-7-5-4-6-8-16/h4-14H,15H2,1-3H3. The molecule has 0 heterocycles. The Hall–Kier alpha value is -2.11. The predicted molar refractivity (Wildman–Crippen MR) is 124 cm³/mol. The van der Waals surface area contributed by atoms with Gasteiger partial charge in [-0.05, 0) is 62.8 Å². The number of ether oxygens (including phenoxy) is 2. The van der Waals surface area contributed by atoms with Crippen LogP contribution in [0.25, 0.3) is 11.1 Å². The van der Waals surface area contributed by atoms with Gasteiger partial charge in [0.1, 0.15) is 11.5 Å². The average molecular weight is 518 g/mol. The molecule has 0 aliphatic rings. The monoisotopic (exact) mass is 516 g/mol. The topological polar surface area (TPSA) is 35.5 Å². The lowest BCUT2D eigenvalue weighted by atomic mass is 9.86. The summed E-state index contributed by atoms with van der Waals surface area (Å²) in [5.74, 6) is 0.683. The fraction of sp³-hybridized carbons (Fsp3) is 0.208. The van der Waals surface area contributed by atoms with Crippen LogP contribution in [0.15, 0.2) is 75.7 Å². The summed E-state index contributed by atoms with van der Waals surface area (Å²) < 4.78 is 12.9. The number of halogens is 2. The van der Waals surface area contributed by atoms with Crippen LogP contribution in [0.3, 0.4) is 0 Å². The Kier molecular flexibility index (Phi) is 6.81. The minimum absolute atomic E-state index is 0.112. The first-order chi connectivity index (χ1) is 13.7. The first-order valence-electron chi connectivity index (χ1n) is 9.22. The third-order valence-corrected chi connectivity index (χ3v) is 5.47. The van der Waals surface area contributed by atoms with E-state index in [-0.39, 0.29) is 12.0 Å². The van der Waals surface area contributed by atoms with Crippen molar-refractivity contribution in [3.05, 3.63) is 81.2 Å². The minimum atomic E-state index is -0.457. The van der Waals surface area contributed by atoms with Crippen molar-refractivity contribution in [1.29, 1.82) is 0 Å². The summed E-state index contributed by atoms with van der Waals surface area (Å²) in [6.45, 7) is 6.14. The van der Waals surface area contributed by atoms with Gasteiger partial charge in [-0.2, -0.15) is 0 Å². The largest absolute Gasteiger partial charge is 0.482 e. The van der Waals surface area contributed by atoms with Crippen molar-refractivity contribution in [3.63, 3.8) is 0 Å². The van der Waals surface area contributed by atoms with Gasteiger partial charge in [-0.1, -0.05) is 73.1 Å². The van der Waals surface area contributed by atoms with Crippen LogP contribution < -0.4 is 9.47 Å². The molecule has 3 aromatic rings. The third kappa shape index (κ3) is 5.71. The first kappa shape index (κ1) is 21.6. The van der Waals surface area contributed by atoms with E-state index in [1.165, 1.54) is 0 Å². The van der Waals surface area contributed by atoms with E-state index in [9.17, 15) is 4.79 Å². The van der Waals surface area contributed by atoms with Crippen LogP contribution in [-0.4, -0.2) is 12.6 Å². The molecular formula is C24H22Br2O3. The highest BCUT2D eigenvalue weighted by Crippen LogP contribution is 2.34. The number of benzene rings is 3. The number of carbonyl (C=O) groups excluding carboxylic acids is 1. The van der Waals surface area contributed by atoms with E-state index in [0.29, 0.717) is 16.0 Å². The van der Waals surface area contributed by atoms with Gasteiger partial charge in [0.15, 0.2) is 6.61 Å². The molecule has 0 atom stereocenters. The Morgan fingerprint density at radius 2 is 1.55 bits per heavy atom. The van der Waals surface area contributed by atoms with Gasteiger partial charge in [0.05, 0.1) is 4.47 Å². The van der Waals surface area contributed by atoms with Crippen LogP contribution in [0.5, 0.6) is 11.5 Å². The Bertz CT molecular complexity index is 1010. The van der Waals surface area contributed by atoms with Gasteiger partial charge < -0.3 is 9.47 Å². The normalized spacial score (nSPS) is 11.2. The summed E-state index contributed by atoms with van der Waals surface area (Å²) in [5.41, 5.74) is 3.05. The second-order valence-corrected chi connectivity index (χ2v) is 9.43. The smallest absolute Gasteiger partial charge is 0.349 e. The Morgan fingerprint density at radius 3 is 2.21 bits per heavy atom. The van der Waals surface area contributed by atoms with E-state index in [2.05, 4.69) is 52.6 Å². The fourth-order valence-electron chi connectivity index (χ4n) is 2.90. The second kappa shape index (κ2) is 9.14. The van der Waals surface area contributed by atoms with Crippen molar-refractivity contribution in [2.24, 2.45) is 0 Å². The number of carbonyl (C=O) groups is 1. The number of hydrogen-bond acceptors (Lipinski definition) is 3. The average Bonchev–Trinajstić information content (AvgIpc) is 2.68. The van der Waals surface area contributed by atoms with E-state index in [4.69, 9.17) is 9.47 Å². The van der Waals surface area contributed by atoms with Crippen LogP contribution in [0.2, 0.25) is 0 Å². The molecule has 150 valence electrons. The van der Waals surface area contributed by atoms with Crippen molar-refractivity contribution >= 4 is 37.8 Å². The summed E-state index contributed by atoms with van der Waals surface area (Å²) in [4.78, 5) is 12.3. The Morgan fingerprint density at radius 1 is 0.862 bits per heavy atom. The molecule has 0 N–H and O–H groups in total. The zero-order chi connectivity index (χ0) is 21.0. The van der Waals surface area contributed by atoms with E-state index in [1.807, 2.05) is 60.7 Å². The van der Waals surface area contributed by atoms with Crippen LogP contribution in [0.4, 0.5) is 0 Å². The second-order valence-electron chi connectivity index (χ2n) is 7.66. The molecule has 0 amide bonds. The van der Waals surface area contributed by atoms with Crippen LogP contribution in [-0.2, 0) is 10.2 Å². The molecule has 3 aromatic carbocycles. The maximum absolute atomic E-state index is 12.3. The number of rotatable bonds is 5. The van der Waals surface area contributed by atoms with Gasteiger partial charge >= 0.3 is 5.97 Å². The van der Waals surface area contributed by atoms with Crippen LogP contribution in [0.1, 0.15) is 26.3 Å². The van der Waals surface area contributed by atoms with Gasteiger partial charge in [-0.15, -0.1) is 0 Å². The molecule has 0 saturated carbocycles. The predicted octanol–water partition coefficient (Wildman–Crippen LogP) is 7.16. The maximum atomic E-state index is 12.3. The van der Waals surface area contributed by atoms with Crippen LogP contribution in [0, 0.1) is 0 Å². The van der Waals surface area contributed by atoms with Crippen molar-refractivity contribution in [1.82, 2.24) is 0 Å². The summed E-state index contributed by atoms with van der Waals surface area (Å²) in [6, 6.07) is 21.4. The van der Waals surface area contributed by atoms with E-state index in [0.717, 1.165) is 21.2 Å². The minimum Gasteiger partial charge on any atom is -0.482 e. The van der Waals surface area contributed by atoms with Gasteiger partial charge in [0.2, 0.25) is 0 Å². The van der Waals surface area contributed by atoms with E-state index >= 15 is 0 Å². The van der Waals surface area contributed by atoms with Gasteiger partial charge in [0, 0.05) is 10.0 Å². The molecule has 0 saturated heterocycles. The first-order valence-corrected chi connectivity index (χ1v) is 10.8. The third-order valence-electron chi connectivity index (χ3n) is 4.36. The summed E-state index contributed by atoms with van der Waals surface area (Å²) >= 11 is 6.98. The fourth-order valence-corrected chi connectivity index (χ4v) is 3.72. The van der Waals surface area contributed by atoms with Gasteiger partial charge in [-0.3, -0.25) is 0 Å². The molecule has 0 aliphatic carbocycles. The maximum Gasteiger partial charge on any atom is 0.349 e. The van der Waals surface area contributed by atoms with Gasteiger partial charge in [0.25, 0.3) is 0 Å². The lowest BCUT2D eigenvalue weighted by Gasteiger charge is -2.23. The molecule has 0 unspecified atom stereocenters.